The molecule has 0 bridgehead atoms. The Kier molecular flexibility index (Phi) is 5.65. The minimum absolute atomic E-state index is 0.151. The topological polar surface area (TPSA) is 52.8 Å². The Morgan fingerprint density at radius 3 is 1.58 bits per heavy atom. The first-order valence-electron chi connectivity index (χ1n) is 8.41. The van der Waals surface area contributed by atoms with Crippen molar-refractivity contribution >= 4 is 35.1 Å². The molecule has 0 unspecified atom stereocenters. The highest BCUT2D eigenvalue weighted by Gasteiger charge is 2.26. The summed E-state index contributed by atoms with van der Waals surface area (Å²) in [6.45, 7) is 12.4. The molecule has 2 aromatic carbocycles. The summed E-state index contributed by atoms with van der Waals surface area (Å²) in [4.78, 5) is 4.43. The molecule has 0 fully saturated rings. The number of aliphatic imine (C=N–C) groups is 1. The van der Waals surface area contributed by atoms with Crippen molar-refractivity contribution in [2.45, 2.75) is 52.4 Å². The molecule has 0 aliphatic rings. The highest BCUT2D eigenvalue weighted by atomic mass is 35.5. The maximum Gasteiger partial charge on any atom is 0.152 e. The lowest BCUT2D eigenvalue weighted by molar-refractivity contribution is 0.423. The number of hydrogen-bond acceptors (Lipinski definition) is 3. The minimum atomic E-state index is -0.209. The molecule has 2 aromatic rings. The lowest BCUT2D eigenvalue weighted by Gasteiger charge is -2.27. The Morgan fingerprint density at radius 1 is 0.769 bits per heavy atom. The predicted molar refractivity (Wildman–Crippen MR) is 111 cm³/mol. The monoisotopic (exact) mass is 393 g/mol. The number of phenols is 2. The second kappa shape index (κ2) is 7.13. The number of phenolic OH excluding ortho intramolecular Hbond substituents is 2. The van der Waals surface area contributed by atoms with E-state index < -0.39 is 0 Å². The summed E-state index contributed by atoms with van der Waals surface area (Å²) in [5.41, 5.74) is 2.73. The van der Waals surface area contributed by atoms with E-state index >= 15 is 0 Å². The van der Waals surface area contributed by atoms with Gasteiger partial charge < -0.3 is 10.2 Å². The average molecular weight is 394 g/mol. The van der Waals surface area contributed by atoms with Crippen LogP contribution in [-0.4, -0.2) is 16.4 Å². The lowest BCUT2D eigenvalue weighted by Crippen LogP contribution is -2.17. The summed E-state index contributed by atoms with van der Waals surface area (Å²) in [7, 11) is 0. The molecule has 5 heteroatoms. The van der Waals surface area contributed by atoms with Gasteiger partial charge in [0.1, 0.15) is 5.75 Å². The summed E-state index contributed by atoms with van der Waals surface area (Å²) in [5.74, 6) is 0.180. The van der Waals surface area contributed by atoms with E-state index in [4.69, 9.17) is 23.2 Å². The average Bonchev–Trinajstić information content (AvgIpc) is 2.49. The van der Waals surface area contributed by atoms with Crippen LogP contribution in [-0.2, 0) is 10.8 Å². The third-order valence-corrected chi connectivity index (χ3v) is 4.69. The van der Waals surface area contributed by atoms with Crippen LogP contribution in [0.2, 0.25) is 10.0 Å². The number of hydrogen-bond donors (Lipinski definition) is 2. The molecule has 0 saturated heterocycles. The normalized spacial score (nSPS) is 12.8. The Balaban J connectivity index is 2.56. The molecule has 0 heterocycles. The maximum absolute atomic E-state index is 10.8. The van der Waals surface area contributed by atoms with Crippen molar-refractivity contribution in [1.29, 1.82) is 0 Å². The van der Waals surface area contributed by atoms with Gasteiger partial charge in [0.25, 0.3) is 0 Å². The highest BCUT2D eigenvalue weighted by Crippen LogP contribution is 2.40. The fourth-order valence-corrected chi connectivity index (χ4v) is 3.13. The quantitative estimate of drug-likeness (QED) is 0.554. The molecule has 0 saturated carbocycles. The van der Waals surface area contributed by atoms with Crippen molar-refractivity contribution < 1.29 is 10.2 Å². The fraction of sp³-hybridized carbons (Fsp3) is 0.381. The van der Waals surface area contributed by atoms with Gasteiger partial charge in [0.15, 0.2) is 5.75 Å². The molecule has 0 radical (unpaired) electrons. The van der Waals surface area contributed by atoms with E-state index in [1.54, 1.807) is 18.3 Å². The Bertz CT molecular complexity index is 801. The molecule has 3 nitrogen and oxygen atoms in total. The van der Waals surface area contributed by atoms with Crippen LogP contribution in [0.5, 0.6) is 11.5 Å². The van der Waals surface area contributed by atoms with Crippen molar-refractivity contribution in [3.8, 4) is 11.5 Å². The second-order valence-corrected chi connectivity index (χ2v) is 9.30. The van der Waals surface area contributed by atoms with Gasteiger partial charge in [-0.05, 0) is 40.7 Å². The van der Waals surface area contributed by atoms with Gasteiger partial charge in [-0.15, -0.1) is 0 Å². The first-order chi connectivity index (χ1) is 11.8. The standard InChI is InChI=1S/C21H25Cl2NO2/c1-20(2,3)14-7-12(8-15(18(14)25)21(4,5)6)11-24-13-9-16(22)19(26)17(23)10-13/h7-11,25-26H,1-6H3/b24-11+. The number of aromatic hydroxyl groups is 2. The largest absolute Gasteiger partial charge is 0.507 e. The summed E-state index contributed by atoms with van der Waals surface area (Å²) in [6, 6.07) is 6.99. The zero-order chi connectivity index (χ0) is 19.9. The summed E-state index contributed by atoms with van der Waals surface area (Å²) >= 11 is 11.9. The molecule has 0 amide bonds. The van der Waals surface area contributed by atoms with Crippen LogP contribution in [0.25, 0.3) is 0 Å². The van der Waals surface area contributed by atoms with Crippen LogP contribution in [0.3, 0.4) is 0 Å². The molecular formula is C21H25Cl2NO2. The van der Waals surface area contributed by atoms with Crippen molar-refractivity contribution in [3.05, 3.63) is 51.0 Å². The molecule has 0 spiro atoms. The van der Waals surface area contributed by atoms with Crippen LogP contribution in [0, 0.1) is 0 Å². The molecule has 2 rings (SSSR count). The van der Waals surface area contributed by atoms with Crippen molar-refractivity contribution in [2.24, 2.45) is 4.99 Å². The van der Waals surface area contributed by atoms with Gasteiger partial charge in [0.2, 0.25) is 0 Å². The van der Waals surface area contributed by atoms with Gasteiger partial charge in [-0.2, -0.15) is 0 Å². The van der Waals surface area contributed by atoms with E-state index in [0.29, 0.717) is 11.4 Å². The van der Waals surface area contributed by atoms with Crippen LogP contribution in [0.4, 0.5) is 5.69 Å². The number of halogens is 2. The summed E-state index contributed by atoms with van der Waals surface area (Å²) < 4.78 is 0. The third kappa shape index (κ3) is 4.52. The van der Waals surface area contributed by atoms with Crippen molar-refractivity contribution in [2.75, 3.05) is 0 Å². The first kappa shape index (κ1) is 20.6. The lowest BCUT2D eigenvalue weighted by atomic mass is 9.78. The van der Waals surface area contributed by atoms with Crippen molar-refractivity contribution in [3.63, 3.8) is 0 Å². The summed E-state index contributed by atoms with van der Waals surface area (Å²) in [5, 5.41) is 20.7. The van der Waals surface area contributed by atoms with Crippen LogP contribution in [0.15, 0.2) is 29.3 Å². The van der Waals surface area contributed by atoms with Crippen molar-refractivity contribution in [1.82, 2.24) is 0 Å². The van der Waals surface area contributed by atoms with Crippen LogP contribution >= 0.6 is 23.2 Å². The Hall–Kier alpha value is -1.71. The second-order valence-electron chi connectivity index (χ2n) is 8.48. The zero-order valence-corrected chi connectivity index (χ0v) is 17.5. The molecular weight excluding hydrogens is 369 g/mol. The zero-order valence-electron chi connectivity index (χ0n) is 16.0. The number of rotatable bonds is 2. The minimum Gasteiger partial charge on any atom is -0.507 e. The van der Waals surface area contributed by atoms with E-state index in [1.165, 1.54) is 0 Å². The predicted octanol–water partition coefficient (Wildman–Crippen LogP) is 6.75. The highest BCUT2D eigenvalue weighted by molar-refractivity contribution is 6.37. The molecule has 140 valence electrons. The molecule has 0 aliphatic heterocycles. The number of benzene rings is 2. The molecule has 0 aliphatic carbocycles. The Morgan fingerprint density at radius 2 is 1.19 bits per heavy atom. The fourth-order valence-electron chi connectivity index (χ4n) is 2.65. The van der Waals surface area contributed by atoms with E-state index in [-0.39, 0.29) is 26.6 Å². The van der Waals surface area contributed by atoms with Gasteiger partial charge in [-0.25, -0.2) is 0 Å². The maximum atomic E-state index is 10.8. The SMILES string of the molecule is CC(C)(C)c1cc(/C=N/c2cc(Cl)c(O)c(Cl)c2)cc(C(C)(C)C)c1O. The van der Waals surface area contributed by atoms with Gasteiger partial charge >= 0.3 is 0 Å². The third-order valence-electron chi connectivity index (χ3n) is 4.11. The smallest absolute Gasteiger partial charge is 0.152 e. The van der Waals surface area contributed by atoms with E-state index in [9.17, 15) is 10.2 Å². The van der Waals surface area contributed by atoms with Crippen LogP contribution in [0.1, 0.15) is 58.2 Å². The molecule has 2 N–H and O–H groups in total. The summed E-state index contributed by atoms with van der Waals surface area (Å²) in [6.07, 6.45) is 1.71. The van der Waals surface area contributed by atoms with Crippen LogP contribution < -0.4 is 0 Å². The van der Waals surface area contributed by atoms with Gasteiger partial charge in [0, 0.05) is 17.3 Å². The molecule has 26 heavy (non-hydrogen) atoms. The van der Waals surface area contributed by atoms with E-state index in [0.717, 1.165) is 16.7 Å². The molecule has 0 atom stereocenters. The van der Waals surface area contributed by atoms with E-state index in [1.807, 2.05) is 12.1 Å². The van der Waals surface area contributed by atoms with Gasteiger partial charge in [-0.3, -0.25) is 4.99 Å². The number of nitrogens with zero attached hydrogens (tertiary/aromatic N) is 1. The van der Waals surface area contributed by atoms with E-state index in [2.05, 4.69) is 46.5 Å². The van der Waals surface area contributed by atoms with Gasteiger partial charge in [0.05, 0.1) is 15.7 Å². The Labute approximate surface area is 165 Å². The first-order valence-corrected chi connectivity index (χ1v) is 9.16. The van der Waals surface area contributed by atoms with Gasteiger partial charge in [-0.1, -0.05) is 64.7 Å². The molecule has 0 aromatic heterocycles.